The van der Waals surface area contributed by atoms with Crippen LogP contribution in [0.5, 0.6) is 5.75 Å². The van der Waals surface area contributed by atoms with Gasteiger partial charge in [-0.15, -0.1) is 0 Å². The lowest BCUT2D eigenvalue weighted by molar-refractivity contribution is 0.0505. The molecule has 1 heterocycles. The molecule has 0 aromatic heterocycles. The van der Waals surface area contributed by atoms with Crippen molar-refractivity contribution in [2.24, 2.45) is 5.92 Å². The van der Waals surface area contributed by atoms with Gasteiger partial charge in [-0.3, -0.25) is 4.90 Å². The molecule has 0 bridgehead atoms. The second-order valence-electron chi connectivity index (χ2n) is 7.85. The summed E-state index contributed by atoms with van der Waals surface area (Å²) < 4.78 is 5.76. The monoisotopic (exact) mass is 347 g/mol. The fourth-order valence-corrected chi connectivity index (χ4v) is 3.38. The Labute approximate surface area is 152 Å². The molecule has 5 heteroatoms. The third kappa shape index (κ3) is 6.59. The zero-order chi connectivity index (χ0) is 17.6. The van der Waals surface area contributed by atoms with Crippen molar-refractivity contribution in [2.45, 2.75) is 25.5 Å². The highest BCUT2D eigenvalue weighted by molar-refractivity contribution is 5.27. The molecule has 1 aromatic carbocycles. The third-order valence-corrected chi connectivity index (χ3v) is 5.15. The van der Waals surface area contributed by atoms with E-state index in [2.05, 4.69) is 40.9 Å². The first-order valence-corrected chi connectivity index (χ1v) is 9.58. The van der Waals surface area contributed by atoms with Gasteiger partial charge in [0.05, 0.1) is 0 Å². The number of likely N-dealkylation sites (N-methyl/N-ethyl adjacent to an activating group) is 1. The van der Waals surface area contributed by atoms with E-state index in [0.29, 0.717) is 13.2 Å². The minimum atomic E-state index is -0.437. The summed E-state index contributed by atoms with van der Waals surface area (Å²) in [6.07, 6.45) is 2.36. The summed E-state index contributed by atoms with van der Waals surface area (Å²) in [6.45, 7) is 7.44. The molecule has 1 saturated heterocycles. The van der Waals surface area contributed by atoms with Gasteiger partial charge in [0.15, 0.2) is 0 Å². The average molecular weight is 348 g/mol. The lowest BCUT2D eigenvalue weighted by atomic mass is 10.2. The number of ether oxygens (including phenoxy) is 1. The van der Waals surface area contributed by atoms with E-state index in [9.17, 15) is 5.11 Å². The molecule has 0 spiro atoms. The highest BCUT2D eigenvalue weighted by Crippen LogP contribution is 2.29. The van der Waals surface area contributed by atoms with Gasteiger partial charge in [-0.25, -0.2) is 0 Å². The second-order valence-corrected chi connectivity index (χ2v) is 7.85. The Balaban J connectivity index is 1.36. The van der Waals surface area contributed by atoms with E-state index >= 15 is 0 Å². The molecule has 1 aromatic rings. The number of piperazine rings is 1. The van der Waals surface area contributed by atoms with Crippen LogP contribution in [-0.2, 0) is 6.54 Å². The Morgan fingerprint density at radius 2 is 1.84 bits per heavy atom. The van der Waals surface area contributed by atoms with Crippen LogP contribution in [0.3, 0.4) is 0 Å². The Morgan fingerprint density at radius 1 is 1.16 bits per heavy atom. The van der Waals surface area contributed by atoms with Crippen molar-refractivity contribution in [2.75, 3.05) is 60.0 Å². The van der Waals surface area contributed by atoms with Crippen LogP contribution in [0.25, 0.3) is 0 Å². The van der Waals surface area contributed by atoms with Crippen LogP contribution in [0.4, 0.5) is 0 Å². The zero-order valence-electron chi connectivity index (χ0n) is 15.7. The van der Waals surface area contributed by atoms with Gasteiger partial charge in [-0.2, -0.15) is 0 Å². The van der Waals surface area contributed by atoms with E-state index < -0.39 is 6.10 Å². The maximum Gasteiger partial charge on any atom is 0.119 e. The summed E-state index contributed by atoms with van der Waals surface area (Å²) in [5.74, 6) is 1.76. The summed E-state index contributed by atoms with van der Waals surface area (Å²) in [5, 5.41) is 10.2. The van der Waals surface area contributed by atoms with Crippen molar-refractivity contribution in [1.82, 2.24) is 14.7 Å². The summed E-state index contributed by atoms with van der Waals surface area (Å²) in [7, 11) is 4.34. The third-order valence-electron chi connectivity index (χ3n) is 5.15. The standard InChI is InChI=1S/C20H33N3O2/c1-21-9-11-23(12-10-21)15-19(24)16-25-20-7-5-18(6-8-20)14-22(2)13-17-3-4-17/h5-8,17,19,24H,3-4,9-16H2,1-2H3. The van der Waals surface area contributed by atoms with Gasteiger partial charge in [-0.1, -0.05) is 12.1 Å². The number of rotatable bonds is 9. The molecule has 1 saturated carbocycles. The lowest BCUT2D eigenvalue weighted by Crippen LogP contribution is -2.47. The Hall–Kier alpha value is -1.14. The first-order chi connectivity index (χ1) is 12.1. The van der Waals surface area contributed by atoms with E-state index in [1.807, 2.05) is 12.1 Å². The van der Waals surface area contributed by atoms with E-state index in [1.54, 1.807) is 0 Å². The van der Waals surface area contributed by atoms with Gasteiger partial charge in [0.25, 0.3) is 0 Å². The molecular formula is C20H33N3O2. The molecule has 25 heavy (non-hydrogen) atoms. The summed E-state index contributed by atoms with van der Waals surface area (Å²) in [6, 6.07) is 8.29. The number of aliphatic hydroxyl groups excluding tert-OH is 1. The number of β-amino-alcohol motifs (C(OH)–C–C–N with tert-alkyl or cyclic N) is 1. The highest BCUT2D eigenvalue weighted by Gasteiger charge is 2.22. The molecule has 1 aliphatic carbocycles. The first kappa shape index (κ1) is 18.6. The SMILES string of the molecule is CN1CCN(CC(O)COc2ccc(CN(C)CC3CC3)cc2)CC1. The fraction of sp³-hybridized carbons (Fsp3) is 0.700. The molecule has 0 radical (unpaired) electrons. The summed E-state index contributed by atoms with van der Waals surface area (Å²) >= 11 is 0. The van der Waals surface area contributed by atoms with E-state index in [0.717, 1.165) is 44.4 Å². The molecule has 5 nitrogen and oxygen atoms in total. The smallest absolute Gasteiger partial charge is 0.119 e. The number of hydrogen-bond donors (Lipinski definition) is 1. The largest absolute Gasteiger partial charge is 0.491 e. The van der Waals surface area contributed by atoms with Crippen LogP contribution >= 0.6 is 0 Å². The molecule has 1 aliphatic heterocycles. The molecule has 3 rings (SSSR count). The van der Waals surface area contributed by atoms with Crippen molar-refractivity contribution < 1.29 is 9.84 Å². The van der Waals surface area contributed by atoms with Gasteiger partial charge < -0.3 is 19.6 Å². The van der Waals surface area contributed by atoms with Gasteiger partial charge in [0.1, 0.15) is 18.5 Å². The van der Waals surface area contributed by atoms with Crippen LogP contribution < -0.4 is 4.74 Å². The van der Waals surface area contributed by atoms with Gasteiger partial charge in [-0.05, 0) is 50.6 Å². The minimum absolute atomic E-state index is 0.354. The van der Waals surface area contributed by atoms with Crippen LogP contribution in [0, 0.1) is 5.92 Å². The topological polar surface area (TPSA) is 39.2 Å². The van der Waals surface area contributed by atoms with Crippen molar-refractivity contribution in [3.8, 4) is 5.75 Å². The average Bonchev–Trinajstić information content (AvgIpc) is 3.40. The Morgan fingerprint density at radius 3 is 2.48 bits per heavy atom. The first-order valence-electron chi connectivity index (χ1n) is 9.58. The van der Waals surface area contributed by atoms with E-state index in [4.69, 9.17) is 4.74 Å². The Bertz CT molecular complexity index is 510. The molecule has 140 valence electrons. The fourth-order valence-electron chi connectivity index (χ4n) is 3.38. The molecule has 2 fully saturated rings. The Kier molecular flexibility index (Phi) is 6.70. The zero-order valence-corrected chi connectivity index (χ0v) is 15.7. The van der Waals surface area contributed by atoms with Gasteiger partial charge in [0, 0.05) is 45.8 Å². The number of hydrogen-bond acceptors (Lipinski definition) is 5. The van der Waals surface area contributed by atoms with Crippen molar-refractivity contribution in [3.05, 3.63) is 29.8 Å². The number of benzene rings is 1. The maximum absolute atomic E-state index is 10.2. The van der Waals surface area contributed by atoms with E-state index in [1.165, 1.54) is 24.9 Å². The molecule has 1 N–H and O–H groups in total. The lowest BCUT2D eigenvalue weighted by Gasteiger charge is -2.33. The van der Waals surface area contributed by atoms with Crippen molar-refractivity contribution in [1.29, 1.82) is 0 Å². The summed E-state index contributed by atoms with van der Waals surface area (Å²) in [4.78, 5) is 7.03. The van der Waals surface area contributed by atoms with Crippen LogP contribution in [0.1, 0.15) is 18.4 Å². The van der Waals surface area contributed by atoms with Crippen LogP contribution in [0.15, 0.2) is 24.3 Å². The highest BCUT2D eigenvalue weighted by atomic mass is 16.5. The number of nitrogens with zero attached hydrogens (tertiary/aromatic N) is 3. The van der Waals surface area contributed by atoms with Crippen LogP contribution in [0.2, 0.25) is 0 Å². The molecule has 1 atom stereocenters. The van der Waals surface area contributed by atoms with Crippen molar-refractivity contribution >= 4 is 0 Å². The number of aliphatic hydroxyl groups is 1. The van der Waals surface area contributed by atoms with Crippen LogP contribution in [-0.4, -0.2) is 85.9 Å². The normalized spacial score (nSPS) is 20.8. The quantitative estimate of drug-likeness (QED) is 0.733. The predicted octanol–water partition coefficient (Wildman–Crippen LogP) is 1.52. The molecule has 0 amide bonds. The summed E-state index contributed by atoms with van der Waals surface area (Å²) in [5.41, 5.74) is 1.31. The minimum Gasteiger partial charge on any atom is -0.491 e. The molecule has 1 unspecified atom stereocenters. The second kappa shape index (κ2) is 8.99. The van der Waals surface area contributed by atoms with E-state index in [-0.39, 0.29) is 0 Å². The predicted molar refractivity (Wildman–Crippen MR) is 101 cm³/mol. The maximum atomic E-state index is 10.2. The molecule has 2 aliphatic rings. The van der Waals surface area contributed by atoms with Gasteiger partial charge in [0.2, 0.25) is 0 Å². The van der Waals surface area contributed by atoms with Gasteiger partial charge >= 0.3 is 0 Å². The van der Waals surface area contributed by atoms with Crippen molar-refractivity contribution in [3.63, 3.8) is 0 Å². The molecular weight excluding hydrogens is 314 g/mol.